The van der Waals surface area contributed by atoms with Crippen LogP contribution in [0.4, 0.5) is 10.1 Å². The number of carbonyl (C=O) groups is 1. The molecule has 1 amide bonds. The second kappa shape index (κ2) is 6.34. The molecular formula is C17H13BrFN3O. The van der Waals surface area contributed by atoms with Crippen LogP contribution in [0.5, 0.6) is 0 Å². The molecule has 0 radical (unpaired) electrons. The molecule has 6 heteroatoms. The smallest absolute Gasteiger partial charge is 0.247 e. The molecule has 0 saturated heterocycles. The van der Waals surface area contributed by atoms with Crippen LogP contribution in [0, 0.1) is 5.82 Å². The molecule has 1 aromatic heterocycles. The summed E-state index contributed by atoms with van der Waals surface area (Å²) in [4.78, 5) is 11.4. The van der Waals surface area contributed by atoms with Gasteiger partial charge in [-0.25, -0.2) is 4.39 Å². The van der Waals surface area contributed by atoms with Crippen LogP contribution in [0.2, 0.25) is 0 Å². The number of hydrogen-bond donors (Lipinski definition) is 1. The molecular weight excluding hydrogens is 361 g/mol. The predicted octanol–water partition coefficient (Wildman–Crippen LogP) is 4.11. The molecule has 1 N–H and O–H groups in total. The van der Waals surface area contributed by atoms with E-state index in [0.29, 0.717) is 6.54 Å². The Labute approximate surface area is 140 Å². The highest BCUT2D eigenvalue weighted by Crippen LogP contribution is 2.22. The van der Waals surface area contributed by atoms with Gasteiger partial charge < -0.3 is 5.32 Å². The van der Waals surface area contributed by atoms with Gasteiger partial charge in [-0.15, -0.1) is 0 Å². The largest absolute Gasteiger partial charge is 0.320 e. The van der Waals surface area contributed by atoms with Crippen molar-refractivity contribution in [3.05, 3.63) is 71.1 Å². The normalized spacial score (nSPS) is 10.7. The van der Waals surface area contributed by atoms with Crippen molar-refractivity contribution in [2.45, 2.75) is 6.54 Å². The van der Waals surface area contributed by atoms with Gasteiger partial charge in [0.1, 0.15) is 5.82 Å². The Hall–Kier alpha value is -2.47. The number of aromatic nitrogens is 2. The monoisotopic (exact) mass is 373 g/mol. The molecule has 116 valence electrons. The van der Waals surface area contributed by atoms with Gasteiger partial charge in [0.25, 0.3) is 0 Å². The highest BCUT2D eigenvalue weighted by molar-refractivity contribution is 9.10. The van der Waals surface area contributed by atoms with Gasteiger partial charge in [-0.3, -0.25) is 9.48 Å². The second-order valence-electron chi connectivity index (χ2n) is 5.01. The summed E-state index contributed by atoms with van der Waals surface area (Å²) < 4.78 is 16.6. The summed E-state index contributed by atoms with van der Waals surface area (Å²) in [5, 5.41) is 7.84. The van der Waals surface area contributed by atoms with Crippen molar-refractivity contribution in [1.29, 1.82) is 0 Å². The van der Waals surface area contributed by atoms with Crippen LogP contribution >= 0.6 is 15.9 Å². The number of rotatable bonds is 4. The van der Waals surface area contributed by atoms with E-state index in [4.69, 9.17) is 0 Å². The number of carbonyl (C=O) groups excluding carboxylic acids is 1. The SMILES string of the molecule is C=CC(=O)Nc1cc(Cn2ncc3ccc(Br)cc32)ccc1F. The zero-order valence-corrected chi connectivity index (χ0v) is 13.7. The fraction of sp³-hybridized carbons (Fsp3) is 0.0588. The standard InChI is InChI=1S/C17H13BrFN3O/c1-2-17(23)21-15-7-11(3-6-14(15)19)10-22-16-8-13(18)5-4-12(16)9-20-22/h2-9H,1,10H2,(H,21,23). The van der Waals surface area contributed by atoms with Crippen molar-refractivity contribution in [2.75, 3.05) is 5.32 Å². The first-order valence-electron chi connectivity index (χ1n) is 6.90. The van der Waals surface area contributed by atoms with Crippen molar-refractivity contribution in [2.24, 2.45) is 0 Å². The number of nitrogens with zero attached hydrogens (tertiary/aromatic N) is 2. The lowest BCUT2D eigenvalue weighted by Crippen LogP contribution is -2.10. The van der Waals surface area contributed by atoms with E-state index in [9.17, 15) is 9.18 Å². The lowest BCUT2D eigenvalue weighted by atomic mass is 10.2. The third-order valence-electron chi connectivity index (χ3n) is 3.41. The zero-order valence-electron chi connectivity index (χ0n) is 12.1. The first-order chi connectivity index (χ1) is 11.1. The van der Waals surface area contributed by atoms with Crippen molar-refractivity contribution in [3.63, 3.8) is 0 Å². The average Bonchev–Trinajstić information content (AvgIpc) is 2.92. The van der Waals surface area contributed by atoms with E-state index in [2.05, 4.69) is 32.9 Å². The quantitative estimate of drug-likeness (QED) is 0.699. The van der Waals surface area contributed by atoms with Gasteiger partial charge in [0.2, 0.25) is 5.91 Å². The maximum Gasteiger partial charge on any atom is 0.247 e. The summed E-state index contributed by atoms with van der Waals surface area (Å²) in [6.45, 7) is 3.83. The Morgan fingerprint density at radius 2 is 2.17 bits per heavy atom. The summed E-state index contributed by atoms with van der Waals surface area (Å²) in [6.07, 6.45) is 2.89. The number of anilines is 1. The minimum atomic E-state index is -0.489. The van der Waals surface area contributed by atoms with Gasteiger partial charge in [-0.2, -0.15) is 5.10 Å². The van der Waals surface area contributed by atoms with Gasteiger partial charge in [0.15, 0.2) is 0 Å². The maximum atomic E-state index is 13.8. The highest BCUT2D eigenvalue weighted by Gasteiger charge is 2.08. The molecule has 0 fully saturated rings. The molecule has 0 aliphatic rings. The number of amides is 1. The molecule has 0 saturated carbocycles. The molecule has 1 heterocycles. The number of benzene rings is 2. The fourth-order valence-corrected chi connectivity index (χ4v) is 2.64. The summed E-state index contributed by atoms with van der Waals surface area (Å²) in [5.74, 6) is -0.938. The molecule has 23 heavy (non-hydrogen) atoms. The summed E-state index contributed by atoms with van der Waals surface area (Å²) in [5.41, 5.74) is 1.93. The van der Waals surface area contributed by atoms with Crippen molar-refractivity contribution in [3.8, 4) is 0 Å². The lowest BCUT2D eigenvalue weighted by molar-refractivity contribution is -0.111. The third-order valence-corrected chi connectivity index (χ3v) is 3.91. The van der Waals surface area contributed by atoms with Crippen molar-refractivity contribution < 1.29 is 9.18 Å². The van der Waals surface area contributed by atoms with Crippen molar-refractivity contribution in [1.82, 2.24) is 9.78 Å². The first-order valence-corrected chi connectivity index (χ1v) is 7.69. The van der Waals surface area contributed by atoms with Gasteiger partial charge in [-0.1, -0.05) is 34.6 Å². The van der Waals surface area contributed by atoms with Crippen LogP contribution in [0.15, 0.2) is 59.7 Å². The summed E-state index contributed by atoms with van der Waals surface area (Å²) >= 11 is 3.45. The van der Waals surface area contributed by atoms with Crippen LogP contribution in [-0.2, 0) is 11.3 Å². The molecule has 0 unspecified atom stereocenters. The van der Waals surface area contributed by atoms with Gasteiger partial charge in [0, 0.05) is 9.86 Å². The van der Waals surface area contributed by atoms with Crippen LogP contribution in [0.1, 0.15) is 5.56 Å². The molecule has 2 aromatic carbocycles. The lowest BCUT2D eigenvalue weighted by Gasteiger charge is -2.08. The Morgan fingerprint density at radius 3 is 2.96 bits per heavy atom. The molecule has 0 aliphatic carbocycles. The number of fused-ring (bicyclic) bond motifs is 1. The molecule has 4 nitrogen and oxygen atoms in total. The molecule has 0 spiro atoms. The molecule has 3 rings (SSSR count). The first kappa shape index (κ1) is 15.4. The molecule has 0 aliphatic heterocycles. The fourth-order valence-electron chi connectivity index (χ4n) is 2.29. The molecule has 0 bridgehead atoms. The van der Waals surface area contributed by atoms with E-state index < -0.39 is 11.7 Å². The number of halogens is 2. The topological polar surface area (TPSA) is 46.9 Å². The van der Waals surface area contributed by atoms with Crippen LogP contribution in [-0.4, -0.2) is 15.7 Å². The second-order valence-corrected chi connectivity index (χ2v) is 5.93. The van der Waals surface area contributed by atoms with Crippen LogP contribution in [0.3, 0.4) is 0 Å². The van der Waals surface area contributed by atoms with E-state index in [0.717, 1.165) is 27.0 Å². The number of nitrogens with one attached hydrogen (secondary N) is 1. The molecule has 0 atom stereocenters. The minimum absolute atomic E-state index is 0.130. The molecule has 3 aromatic rings. The Bertz CT molecular complexity index is 904. The van der Waals surface area contributed by atoms with Gasteiger partial charge in [-0.05, 0) is 35.9 Å². The van der Waals surface area contributed by atoms with E-state index in [-0.39, 0.29) is 5.69 Å². The van der Waals surface area contributed by atoms with E-state index in [1.54, 1.807) is 18.3 Å². The van der Waals surface area contributed by atoms with Crippen LogP contribution in [0.25, 0.3) is 10.9 Å². The predicted molar refractivity (Wildman–Crippen MR) is 91.8 cm³/mol. The summed E-state index contributed by atoms with van der Waals surface area (Å²) in [6, 6.07) is 10.5. The minimum Gasteiger partial charge on any atom is -0.320 e. The van der Waals surface area contributed by atoms with Gasteiger partial charge >= 0.3 is 0 Å². The van der Waals surface area contributed by atoms with E-state index >= 15 is 0 Å². The maximum absolute atomic E-state index is 13.8. The Kier molecular flexibility index (Phi) is 4.25. The Morgan fingerprint density at radius 1 is 1.35 bits per heavy atom. The Balaban J connectivity index is 1.92. The highest BCUT2D eigenvalue weighted by atomic mass is 79.9. The van der Waals surface area contributed by atoms with Gasteiger partial charge in [0.05, 0.1) is 23.9 Å². The zero-order chi connectivity index (χ0) is 16.4. The average molecular weight is 374 g/mol. The van der Waals surface area contributed by atoms with E-state index in [1.807, 2.05) is 22.9 Å². The third kappa shape index (κ3) is 3.32. The summed E-state index contributed by atoms with van der Waals surface area (Å²) in [7, 11) is 0. The van der Waals surface area contributed by atoms with Crippen molar-refractivity contribution >= 4 is 38.4 Å². The number of hydrogen-bond acceptors (Lipinski definition) is 2. The van der Waals surface area contributed by atoms with Crippen LogP contribution < -0.4 is 5.32 Å². The van der Waals surface area contributed by atoms with E-state index in [1.165, 1.54) is 6.07 Å².